The average Bonchev–Trinajstić information content (AvgIpc) is 3.30. The highest BCUT2D eigenvalue weighted by atomic mass is 14.6. The van der Waals surface area contributed by atoms with Crippen LogP contribution in [0.1, 0.15) is 82.0 Å². The second-order valence-electron chi connectivity index (χ2n) is 16.8. The lowest BCUT2D eigenvalue weighted by molar-refractivity contribution is 0.392. The molecule has 0 aliphatic rings. The molecule has 64 heavy (non-hydrogen) atoms. The van der Waals surface area contributed by atoms with Crippen LogP contribution in [0.3, 0.4) is 0 Å². The van der Waals surface area contributed by atoms with Gasteiger partial charge in [0, 0.05) is 62.7 Å². The Labute approximate surface area is 377 Å². The van der Waals surface area contributed by atoms with E-state index in [9.17, 15) is 0 Å². The van der Waals surface area contributed by atoms with Crippen LogP contribution in [0.5, 0.6) is 0 Å². The van der Waals surface area contributed by atoms with Crippen molar-refractivity contribution in [2.75, 3.05) is 45.9 Å². The quantitative estimate of drug-likeness (QED) is 0.0493. The Hall–Kier alpha value is -7.84. The van der Waals surface area contributed by atoms with Crippen molar-refractivity contribution in [3.8, 4) is 0 Å². The van der Waals surface area contributed by atoms with Gasteiger partial charge in [-0.2, -0.15) is 0 Å². The summed E-state index contributed by atoms with van der Waals surface area (Å²) in [6.45, 7) is 0. The molecule has 0 aromatic heterocycles. The zero-order valence-corrected chi connectivity index (χ0v) is 36.3. The fraction of sp³-hybridized carbons (Fsp3) is 0.143. The minimum Gasteiger partial charge on any atom is -0.399 e. The molecule has 0 amide bonds. The minimum absolute atomic E-state index is 0.119. The normalized spacial score (nSPS) is 11.3. The molecule has 0 saturated heterocycles. The molecule has 0 heterocycles. The largest absolute Gasteiger partial charge is 0.399 e. The highest BCUT2D eigenvalue weighted by Crippen LogP contribution is 2.47. The molecular formula is C56H60N8. The molecule has 16 N–H and O–H groups in total. The van der Waals surface area contributed by atoms with Gasteiger partial charge in [0.2, 0.25) is 0 Å². The van der Waals surface area contributed by atoms with Gasteiger partial charge >= 0.3 is 0 Å². The number of nitrogens with two attached hydrogens (primary N) is 8. The van der Waals surface area contributed by atoms with E-state index in [1.54, 1.807) is 0 Å². The lowest BCUT2D eigenvalue weighted by Gasteiger charge is -2.38. The molecule has 8 rings (SSSR count). The molecule has 0 aliphatic carbocycles. The number of anilines is 8. The van der Waals surface area contributed by atoms with E-state index in [0.717, 1.165) is 77.6 Å². The molecule has 8 nitrogen and oxygen atoms in total. The van der Waals surface area contributed by atoms with E-state index >= 15 is 0 Å². The van der Waals surface area contributed by atoms with E-state index in [4.69, 9.17) is 45.9 Å². The average molecular weight is 845 g/mol. The molecule has 0 bridgehead atoms. The first-order chi connectivity index (χ1) is 30.9. The number of rotatable bonds is 14. The molecule has 0 unspecified atom stereocenters. The predicted molar refractivity (Wildman–Crippen MR) is 273 cm³/mol. The van der Waals surface area contributed by atoms with Gasteiger partial charge in [-0.1, -0.05) is 97.1 Å². The summed E-state index contributed by atoms with van der Waals surface area (Å²) in [6.07, 6.45) is 4.38. The highest BCUT2D eigenvalue weighted by molar-refractivity contribution is 5.52. The first-order valence-corrected chi connectivity index (χ1v) is 21.8. The van der Waals surface area contributed by atoms with Crippen molar-refractivity contribution in [3.05, 3.63) is 239 Å². The Bertz CT molecular complexity index is 2380. The molecule has 0 spiro atoms. The fourth-order valence-electron chi connectivity index (χ4n) is 8.73. The van der Waals surface area contributed by atoms with Crippen LogP contribution in [-0.4, -0.2) is 0 Å². The lowest BCUT2D eigenvalue weighted by atomic mass is 9.65. The highest BCUT2D eigenvalue weighted by Gasteiger charge is 2.36. The summed E-state index contributed by atoms with van der Waals surface area (Å²) in [4.78, 5) is 0. The van der Waals surface area contributed by atoms with E-state index in [1.807, 2.05) is 121 Å². The summed E-state index contributed by atoms with van der Waals surface area (Å²) < 4.78 is 0. The van der Waals surface area contributed by atoms with Crippen LogP contribution < -0.4 is 45.9 Å². The fourth-order valence-corrected chi connectivity index (χ4v) is 8.73. The third-order valence-electron chi connectivity index (χ3n) is 12.4. The van der Waals surface area contributed by atoms with Crippen molar-refractivity contribution >= 4 is 45.5 Å². The molecule has 8 aromatic carbocycles. The molecular weight excluding hydrogens is 785 g/mol. The monoisotopic (exact) mass is 844 g/mol. The van der Waals surface area contributed by atoms with Crippen LogP contribution >= 0.6 is 0 Å². The van der Waals surface area contributed by atoms with Gasteiger partial charge < -0.3 is 45.9 Å². The molecule has 324 valence electrons. The lowest BCUT2D eigenvalue weighted by Crippen LogP contribution is -2.30. The summed E-state index contributed by atoms with van der Waals surface area (Å²) in [5.74, 6) is 0.237. The predicted octanol–water partition coefficient (Wildman–Crippen LogP) is 11.1. The second-order valence-corrected chi connectivity index (χ2v) is 16.8. The zero-order valence-electron chi connectivity index (χ0n) is 36.3. The maximum absolute atomic E-state index is 6.27. The third kappa shape index (κ3) is 11.3. The van der Waals surface area contributed by atoms with Crippen LogP contribution in [0.15, 0.2) is 194 Å². The molecule has 0 saturated carbocycles. The smallest absolute Gasteiger partial charge is 0.0314 e. The Kier molecular flexibility index (Phi) is 14.1. The summed E-state index contributed by atoms with van der Waals surface area (Å²) in [5.41, 5.74) is 63.8. The molecule has 0 radical (unpaired) electrons. The SMILES string of the molecule is Nc1ccc(C(CCC(CCC(c2ccc(N)cc2)c2ccc(N)cc2)(c2ccc(N)cc2)c2ccc(N)cc2)c2ccc(N)cc2)cc1.Nc1ccc(Cc2ccc(N)cc2)cc1. The van der Waals surface area contributed by atoms with Crippen LogP contribution in [-0.2, 0) is 11.8 Å². The summed E-state index contributed by atoms with van der Waals surface area (Å²) >= 11 is 0. The van der Waals surface area contributed by atoms with Crippen molar-refractivity contribution in [2.45, 2.75) is 49.4 Å². The maximum atomic E-state index is 6.27. The maximum Gasteiger partial charge on any atom is 0.0314 e. The van der Waals surface area contributed by atoms with Gasteiger partial charge in [0.05, 0.1) is 0 Å². The van der Waals surface area contributed by atoms with Crippen LogP contribution in [0.2, 0.25) is 0 Å². The summed E-state index contributed by atoms with van der Waals surface area (Å²) in [7, 11) is 0. The van der Waals surface area contributed by atoms with Crippen LogP contribution in [0, 0.1) is 0 Å². The first kappa shape index (κ1) is 44.2. The number of hydrogen-bond donors (Lipinski definition) is 8. The van der Waals surface area contributed by atoms with Crippen molar-refractivity contribution in [2.24, 2.45) is 0 Å². The van der Waals surface area contributed by atoms with E-state index in [0.29, 0.717) is 0 Å². The van der Waals surface area contributed by atoms with Crippen molar-refractivity contribution in [1.29, 1.82) is 0 Å². The zero-order chi connectivity index (χ0) is 45.1. The van der Waals surface area contributed by atoms with Crippen LogP contribution in [0.4, 0.5) is 45.5 Å². The van der Waals surface area contributed by atoms with Gasteiger partial charge in [-0.25, -0.2) is 0 Å². The number of benzene rings is 8. The van der Waals surface area contributed by atoms with Gasteiger partial charge in [-0.05, 0) is 174 Å². The molecule has 8 aromatic rings. The van der Waals surface area contributed by atoms with Crippen molar-refractivity contribution < 1.29 is 0 Å². The van der Waals surface area contributed by atoms with E-state index in [-0.39, 0.29) is 17.3 Å². The van der Waals surface area contributed by atoms with Crippen molar-refractivity contribution in [1.82, 2.24) is 0 Å². The van der Waals surface area contributed by atoms with Gasteiger partial charge in [0.15, 0.2) is 0 Å². The summed E-state index contributed by atoms with van der Waals surface area (Å²) in [6, 6.07) is 65.7. The van der Waals surface area contributed by atoms with Gasteiger partial charge in [0.1, 0.15) is 0 Å². The van der Waals surface area contributed by atoms with Gasteiger partial charge in [-0.3, -0.25) is 0 Å². The molecule has 0 aliphatic heterocycles. The Morgan fingerprint density at radius 1 is 0.266 bits per heavy atom. The minimum atomic E-state index is -0.374. The van der Waals surface area contributed by atoms with Crippen molar-refractivity contribution in [3.63, 3.8) is 0 Å². The van der Waals surface area contributed by atoms with Gasteiger partial charge in [0.25, 0.3) is 0 Å². The topological polar surface area (TPSA) is 208 Å². The van der Waals surface area contributed by atoms with Crippen LogP contribution in [0.25, 0.3) is 0 Å². The number of hydrogen-bond acceptors (Lipinski definition) is 8. The first-order valence-electron chi connectivity index (χ1n) is 21.8. The third-order valence-corrected chi connectivity index (χ3v) is 12.4. The van der Waals surface area contributed by atoms with E-state index < -0.39 is 0 Å². The molecule has 0 fully saturated rings. The van der Waals surface area contributed by atoms with E-state index in [1.165, 1.54) is 44.5 Å². The number of nitrogen functional groups attached to an aromatic ring is 8. The summed E-state index contributed by atoms with van der Waals surface area (Å²) in [5, 5.41) is 0. The van der Waals surface area contributed by atoms with E-state index in [2.05, 4.69) is 72.8 Å². The molecule has 8 heteroatoms. The second kappa shape index (κ2) is 20.4. The Morgan fingerprint density at radius 2 is 0.469 bits per heavy atom. The van der Waals surface area contributed by atoms with Gasteiger partial charge in [-0.15, -0.1) is 0 Å². The molecule has 0 atom stereocenters. The Morgan fingerprint density at radius 3 is 0.703 bits per heavy atom. The standard InChI is InChI=1S/C43H46N6.C13H14N2/c44-35-13-1-29(2-14-35)41(30-3-15-36(45)16-4-30)25-27-43(33-9-21-39(48)22-10-33,34-11-23-40(49)24-12-34)28-26-42(31-5-17-37(46)18-6-31)32-7-19-38(47)20-8-32;14-12-5-1-10(2-6-12)9-11-3-7-13(15)8-4-11/h1-24,41-42H,25-28,44-49H2;1-8H,9,14-15H2. The Balaban J connectivity index is 0.000000344.